The molecule has 2 aromatic heterocycles. The molecule has 0 spiro atoms. The minimum absolute atomic E-state index is 0.330. The van der Waals surface area contributed by atoms with Gasteiger partial charge in [0.2, 0.25) is 0 Å². The Morgan fingerprint density at radius 3 is 2.59 bits per heavy atom. The molecule has 3 rings (SSSR count). The van der Waals surface area contributed by atoms with Crippen LogP contribution in [0.15, 0.2) is 48.7 Å². The number of hydrogen-bond donors (Lipinski definition) is 3. The van der Waals surface area contributed by atoms with Gasteiger partial charge in [-0.25, -0.2) is 9.97 Å². The lowest BCUT2D eigenvalue weighted by Crippen LogP contribution is -2.26. The quantitative estimate of drug-likeness (QED) is 0.688. The zero-order chi connectivity index (χ0) is 15.6. The molecule has 6 nitrogen and oxygen atoms in total. The highest BCUT2D eigenvalue weighted by Crippen LogP contribution is 2.27. The maximum absolute atomic E-state index is 10.8. The Bertz CT molecular complexity index is 767. The summed E-state index contributed by atoms with van der Waals surface area (Å²) in [5.41, 5.74) is 0.427. The summed E-state index contributed by atoms with van der Waals surface area (Å²) in [5, 5.41) is 20.8. The second-order valence-corrected chi connectivity index (χ2v) is 5.26. The summed E-state index contributed by atoms with van der Waals surface area (Å²) < 4.78 is 0. The third-order valence-electron chi connectivity index (χ3n) is 3.39. The van der Waals surface area contributed by atoms with Crippen LogP contribution in [0, 0.1) is 6.92 Å². The number of benzene rings is 1. The maximum Gasteiger partial charge on any atom is 0.166 e. The third kappa shape index (κ3) is 2.82. The topological polar surface area (TPSA) is 86.7 Å². The van der Waals surface area contributed by atoms with Crippen molar-refractivity contribution in [2.24, 2.45) is 0 Å². The summed E-state index contributed by atoms with van der Waals surface area (Å²) >= 11 is 0. The van der Waals surface area contributed by atoms with Crippen molar-refractivity contribution in [1.82, 2.24) is 20.2 Å². The van der Waals surface area contributed by atoms with Crippen molar-refractivity contribution in [3.63, 3.8) is 0 Å². The minimum atomic E-state index is -1.26. The van der Waals surface area contributed by atoms with E-state index in [0.717, 1.165) is 11.3 Å². The summed E-state index contributed by atoms with van der Waals surface area (Å²) in [6.45, 7) is 3.60. The van der Waals surface area contributed by atoms with E-state index in [9.17, 15) is 5.11 Å². The predicted octanol–water partition coefficient (Wildman–Crippen LogP) is 2.51. The summed E-state index contributed by atoms with van der Waals surface area (Å²) in [7, 11) is 0. The fraction of sp³-hybridized carbons (Fsp3) is 0.188. The van der Waals surface area contributed by atoms with Gasteiger partial charge < -0.3 is 10.4 Å². The van der Waals surface area contributed by atoms with Gasteiger partial charge in [0.05, 0.1) is 0 Å². The number of aliphatic hydroxyl groups is 1. The molecule has 6 heteroatoms. The minimum Gasteiger partial charge on any atom is -0.377 e. The zero-order valence-electron chi connectivity index (χ0n) is 12.4. The van der Waals surface area contributed by atoms with Gasteiger partial charge in [-0.2, -0.15) is 5.10 Å². The van der Waals surface area contributed by atoms with Crippen LogP contribution in [-0.4, -0.2) is 25.3 Å². The summed E-state index contributed by atoms with van der Waals surface area (Å²) in [5.74, 6) is 1.57. The molecule has 2 heterocycles. The molecule has 0 saturated carbocycles. The molecular formula is C16H17N5O. The van der Waals surface area contributed by atoms with Crippen LogP contribution in [0.5, 0.6) is 0 Å². The van der Waals surface area contributed by atoms with E-state index in [-0.39, 0.29) is 0 Å². The number of aromatic nitrogens is 4. The van der Waals surface area contributed by atoms with Crippen molar-refractivity contribution in [2.45, 2.75) is 19.4 Å². The van der Waals surface area contributed by atoms with E-state index in [4.69, 9.17) is 0 Å². The Kier molecular flexibility index (Phi) is 3.60. The number of aromatic amines is 1. The number of rotatable bonds is 4. The van der Waals surface area contributed by atoms with Gasteiger partial charge in [-0.1, -0.05) is 30.3 Å². The van der Waals surface area contributed by atoms with E-state index in [1.165, 1.54) is 0 Å². The lowest BCUT2D eigenvalue weighted by molar-refractivity contribution is 0.0923. The Morgan fingerprint density at radius 1 is 1.14 bits per heavy atom. The van der Waals surface area contributed by atoms with Crippen molar-refractivity contribution in [1.29, 1.82) is 0 Å². The second-order valence-electron chi connectivity index (χ2n) is 5.26. The number of nitrogens with one attached hydrogen (secondary N) is 2. The van der Waals surface area contributed by atoms with Crippen LogP contribution in [0.2, 0.25) is 0 Å². The first-order valence-corrected chi connectivity index (χ1v) is 6.96. The number of hydrogen-bond acceptors (Lipinski definition) is 5. The standard InChI is InChI=1S/C16H17N5O/c1-11-10-14(21-20-11)18-13-8-9-17-15(19-13)16(2,22)12-6-4-3-5-7-12/h3-10,22H,1-2H3,(H2,17,18,19,20,21). The first kappa shape index (κ1) is 14.2. The summed E-state index contributed by atoms with van der Waals surface area (Å²) in [4.78, 5) is 8.60. The van der Waals surface area contributed by atoms with Gasteiger partial charge >= 0.3 is 0 Å². The number of aryl methyl sites for hydroxylation is 1. The second kappa shape index (κ2) is 5.57. The van der Waals surface area contributed by atoms with Gasteiger partial charge in [0.25, 0.3) is 0 Å². The average molecular weight is 295 g/mol. The highest BCUT2D eigenvalue weighted by atomic mass is 16.3. The number of nitrogens with zero attached hydrogens (tertiary/aromatic N) is 3. The predicted molar refractivity (Wildman–Crippen MR) is 83.8 cm³/mol. The zero-order valence-corrected chi connectivity index (χ0v) is 12.4. The van der Waals surface area contributed by atoms with E-state index in [1.54, 1.807) is 19.2 Å². The number of anilines is 2. The molecule has 1 atom stereocenters. The summed E-state index contributed by atoms with van der Waals surface area (Å²) in [6.07, 6.45) is 1.61. The monoisotopic (exact) mass is 295 g/mol. The van der Waals surface area contributed by atoms with Gasteiger partial charge in [-0.05, 0) is 25.5 Å². The molecule has 112 valence electrons. The number of H-pyrrole nitrogens is 1. The summed E-state index contributed by atoms with van der Waals surface area (Å²) in [6, 6.07) is 12.9. The molecular weight excluding hydrogens is 278 g/mol. The first-order chi connectivity index (χ1) is 10.6. The fourth-order valence-corrected chi connectivity index (χ4v) is 2.17. The van der Waals surface area contributed by atoms with Gasteiger partial charge in [0, 0.05) is 18.0 Å². The van der Waals surface area contributed by atoms with E-state index in [0.29, 0.717) is 17.5 Å². The van der Waals surface area contributed by atoms with Crippen molar-refractivity contribution in [3.05, 3.63) is 65.7 Å². The van der Waals surface area contributed by atoms with Crippen LogP contribution in [0.4, 0.5) is 11.6 Å². The lowest BCUT2D eigenvalue weighted by atomic mass is 9.95. The van der Waals surface area contributed by atoms with Crippen LogP contribution in [-0.2, 0) is 5.60 Å². The Morgan fingerprint density at radius 2 is 1.91 bits per heavy atom. The molecule has 22 heavy (non-hydrogen) atoms. The third-order valence-corrected chi connectivity index (χ3v) is 3.39. The average Bonchev–Trinajstić information content (AvgIpc) is 2.93. The van der Waals surface area contributed by atoms with Crippen LogP contribution in [0.25, 0.3) is 0 Å². The SMILES string of the molecule is Cc1cc(Nc2ccnc(C(C)(O)c3ccccc3)n2)n[nH]1. The Balaban J connectivity index is 1.90. The van der Waals surface area contributed by atoms with E-state index < -0.39 is 5.60 Å². The van der Waals surface area contributed by atoms with Crippen LogP contribution in [0.1, 0.15) is 24.0 Å². The highest BCUT2D eigenvalue weighted by Gasteiger charge is 2.28. The van der Waals surface area contributed by atoms with Crippen molar-refractivity contribution >= 4 is 11.6 Å². The molecule has 0 fully saturated rings. The van der Waals surface area contributed by atoms with Gasteiger partial charge in [0.15, 0.2) is 11.6 Å². The molecule has 0 amide bonds. The van der Waals surface area contributed by atoms with Crippen molar-refractivity contribution < 1.29 is 5.11 Å². The Hall–Kier alpha value is -2.73. The molecule has 0 radical (unpaired) electrons. The normalized spacial score (nSPS) is 13.6. The molecule has 0 bridgehead atoms. The molecule has 0 aliphatic carbocycles. The van der Waals surface area contributed by atoms with Gasteiger partial charge in [-0.3, -0.25) is 5.10 Å². The largest absolute Gasteiger partial charge is 0.377 e. The van der Waals surface area contributed by atoms with Crippen molar-refractivity contribution in [2.75, 3.05) is 5.32 Å². The molecule has 0 aliphatic rings. The Labute approximate surface area is 128 Å². The first-order valence-electron chi connectivity index (χ1n) is 6.96. The van der Waals surface area contributed by atoms with Crippen LogP contribution in [0.3, 0.4) is 0 Å². The van der Waals surface area contributed by atoms with E-state index >= 15 is 0 Å². The van der Waals surface area contributed by atoms with E-state index in [2.05, 4.69) is 25.5 Å². The molecule has 1 unspecified atom stereocenters. The van der Waals surface area contributed by atoms with Gasteiger partial charge in [0.1, 0.15) is 11.4 Å². The molecule has 0 aliphatic heterocycles. The molecule has 1 aromatic carbocycles. The van der Waals surface area contributed by atoms with Crippen LogP contribution < -0.4 is 5.32 Å². The maximum atomic E-state index is 10.8. The van der Waals surface area contributed by atoms with Crippen LogP contribution >= 0.6 is 0 Å². The highest BCUT2D eigenvalue weighted by molar-refractivity contribution is 5.51. The molecule has 0 saturated heterocycles. The van der Waals surface area contributed by atoms with Crippen molar-refractivity contribution in [3.8, 4) is 0 Å². The van der Waals surface area contributed by atoms with Gasteiger partial charge in [-0.15, -0.1) is 0 Å². The van der Waals surface area contributed by atoms with E-state index in [1.807, 2.05) is 43.3 Å². The molecule has 3 aromatic rings. The smallest absolute Gasteiger partial charge is 0.166 e. The molecule has 3 N–H and O–H groups in total. The fourth-order valence-electron chi connectivity index (χ4n) is 2.17. The lowest BCUT2D eigenvalue weighted by Gasteiger charge is -2.22.